The van der Waals surface area contributed by atoms with Crippen molar-refractivity contribution in [2.75, 3.05) is 5.32 Å². The van der Waals surface area contributed by atoms with E-state index in [1.165, 1.54) is 12.1 Å². The fraction of sp³-hybridized carbons (Fsp3) is 0. The number of hydrogen-bond acceptors (Lipinski definition) is 4. The predicted octanol–water partition coefficient (Wildman–Crippen LogP) is 2.49. The number of benzene rings is 1. The number of carboxylic acids is 1. The van der Waals surface area contributed by atoms with Crippen LogP contribution in [0.5, 0.6) is 0 Å². The first-order valence-corrected chi connectivity index (χ1v) is 5.17. The second-order valence-corrected chi connectivity index (χ2v) is 3.84. The van der Waals surface area contributed by atoms with E-state index >= 15 is 0 Å². The number of allylic oxidation sites excluding steroid dienone is 1. The van der Waals surface area contributed by atoms with Crippen molar-refractivity contribution in [1.82, 2.24) is 0 Å². The lowest BCUT2D eigenvalue weighted by Crippen LogP contribution is -2.02. The summed E-state index contributed by atoms with van der Waals surface area (Å²) in [6.07, 6.45) is 1.16. The van der Waals surface area contributed by atoms with E-state index in [1.807, 2.05) is 0 Å². The van der Waals surface area contributed by atoms with Crippen molar-refractivity contribution in [1.29, 1.82) is 10.5 Å². The highest BCUT2D eigenvalue weighted by Gasteiger charge is 2.09. The SMILES string of the molecule is N#CC(C#N)=CNc1ccc(Br)cc1C(=O)O. The standard InChI is InChI=1S/C11H6BrN3O2/c12-8-1-2-10(9(3-8)11(16)17)15-6-7(4-13)5-14/h1-3,6,15H,(H,16,17). The molecule has 0 aliphatic heterocycles. The van der Waals surface area contributed by atoms with Gasteiger partial charge in [-0.3, -0.25) is 0 Å². The molecule has 0 fully saturated rings. The van der Waals surface area contributed by atoms with Gasteiger partial charge in [0.05, 0.1) is 11.3 Å². The third-order valence-corrected chi connectivity index (χ3v) is 2.32. The molecule has 6 heteroatoms. The highest BCUT2D eigenvalue weighted by molar-refractivity contribution is 9.10. The summed E-state index contributed by atoms with van der Waals surface area (Å²) in [5.41, 5.74) is 0.221. The van der Waals surface area contributed by atoms with Crippen molar-refractivity contribution < 1.29 is 9.90 Å². The monoisotopic (exact) mass is 291 g/mol. The smallest absolute Gasteiger partial charge is 0.337 e. The Morgan fingerprint density at radius 3 is 2.59 bits per heavy atom. The van der Waals surface area contributed by atoms with E-state index in [2.05, 4.69) is 21.2 Å². The van der Waals surface area contributed by atoms with Crippen molar-refractivity contribution in [3.05, 3.63) is 40.0 Å². The third kappa shape index (κ3) is 3.33. The maximum Gasteiger partial charge on any atom is 0.337 e. The van der Waals surface area contributed by atoms with Crippen LogP contribution in [0.4, 0.5) is 5.69 Å². The Kier molecular flexibility index (Phi) is 4.27. The summed E-state index contributed by atoms with van der Waals surface area (Å²) in [5.74, 6) is -1.10. The Morgan fingerprint density at radius 1 is 1.41 bits per heavy atom. The number of anilines is 1. The van der Waals surface area contributed by atoms with Crippen LogP contribution < -0.4 is 5.32 Å². The van der Waals surface area contributed by atoms with Gasteiger partial charge in [-0.25, -0.2) is 4.79 Å². The average Bonchev–Trinajstić information content (AvgIpc) is 2.31. The van der Waals surface area contributed by atoms with Gasteiger partial charge < -0.3 is 10.4 Å². The average molecular weight is 292 g/mol. The van der Waals surface area contributed by atoms with E-state index in [1.54, 1.807) is 18.2 Å². The van der Waals surface area contributed by atoms with E-state index in [0.29, 0.717) is 10.2 Å². The molecule has 0 saturated carbocycles. The van der Waals surface area contributed by atoms with E-state index in [-0.39, 0.29) is 11.1 Å². The number of nitriles is 2. The number of rotatable bonds is 3. The maximum atomic E-state index is 10.9. The number of nitrogens with one attached hydrogen (secondary N) is 1. The molecule has 0 aliphatic carbocycles. The lowest BCUT2D eigenvalue weighted by molar-refractivity contribution is 0.0698. The third-order valence-electron chi connectivity index (χ3n) is 1.82. The second-order valence-electron chi connectivity index (χ2n) is 2.92. The zero-order valence-electron chi connectivity index (χ0n) is 8.44. The van der Waals surface area contributed by atoms with Crippen LogP contribution in [0.3, 0.4) is 0 Å². The van der Waals surface area contributed by atoms with Gasteiger partial charge >= 0.3 is 5.97 Å². The highest BCUT2D eigenvalue weighted by atomic mass is 79.9. The van der Waals surface area contributed by atoms with Crippen molar-refractivity contribution in [2.45, 2.75) is 0 Å². The normalized spacial score (nSPS) is 8.65. The Balaban J connectivity index is 3.09. The van der Waals surface area contributed by atoms with E-state index in [9.17, 15) is 4.79 Å². The van der Waals surface area contributed by atoms with E-state index in [4.69, 9.17) is 15.6 Å². The van der Waals surface area contributed by atoms with E-state index < -0.39 is 5.97 Å². The minimum Gasteiger partial charge on any atom is -0.478 e. The molecule has 0 heterocycles. The molecule has 2 N–H and O–H groups in total. The molecule has 0 saturated heterocycles. The van der Waals surface area contributed by atoms with Gasteiger partial charge in [-0.2, -0.15) is 10.5 Å². The fourth-order valence-electron chi connectivity index (χ4n) is 1.06. The predicted molar refractivity (Wildman–Crippen MR) is 64.0 cm³/mol. The Hall–Kier alpha value is -2.31. The van der Waals surface area contributed by atoms with E-state index in [0.717, 1.165) is 6.20 Å². The Bertz CT molecular complexity index is 551. The second kappa shape index (κ2) is 5.69. The van der Waals surface area contributed by atoms with Gasteiger partial charge in [-0.1, -0.05) is 15.9 Å². The van der Waals surface area contributed by atoms with Gasteiger partial charge in [0.25, 0.3) is 0 Å². The van der Waals surface area contributed by atoms with Crippen LogP contribution in [-0.2, 0) is 0 Å². The Morgan fingerprint density at radius 2 is 2.06 bits per heavy atom. The molecule has 0 aliphatic rings. The van der Waals surface area contributed by atoms with Crippen molar-refractivity contribution in [3.63, 3.8) is 0 Å². The fourth-order valence-corrected chi connectivity index (χ4v) is 1.42. The Labute approximate surface area is 106 Å². The zero-order valence-corrected chi connectivity index (χ0v) is 10.0. The topological polar surface area (TPSA) is 96.9 Å². The molecular formula is C11H6BrN3O2. The molecule has 0 amide bonds. The summed E-state index contributed by atoms with van der Waals surface area (Å²) in [7, 11) is 0. The summed E-state index contributed by atoms with van der Waals surface area (Å²) < 4.78 is 0.630. The van der Waals surface area contributed by atoms with Crippen LogP contribution >= 0.6 is 15.9 Å². The number of nitrogens with zero attached hydrogens (tertiary/aromatic N) is 2. The summed E-state index contributed by atoms with van der Waals surface area (Å²) in [6.45, 7) is 0. The molecule has 1 aromatic carbocycles. The van der Waals surface area contributed by atoms with Crippen molar-refractivity contribution >= 4 is 27.6 Å². The summed E-state index contributed by atoms with van der Waals surface area (Å²) in [5, 5.41) is 28.6. The van der Waals surface area contributed by atoms with Crippen LogP contribution in [0.1, 0.15) is 10.4 Å². The number of carboxylic acid groups (broad SMARTS) is 1. The van der Waals surface area contributed by atoms with Gasteiger partial charge in [0.2, 0.25) is 0 Å². The summed E-state index contributed by atoms with van der Waals surface area (Å²) in [4.78, 5) is 10.9. The number of hydrogen-bond donors (Lipinski definition) is 2. The van der Waals surface area contributed by atoms with Crippen LogP contribution in [0, 0.1) is 22.7 Å². The summed E-state index contributed by atoms with van der Waals surface area (Å²) in [6, 6.07) is 7.95. The molecular weight excluding hydrogens is 286 g/mol. The number of carbonyl (C=O) groups is 1. The minimum absolute atomic E-state index is 0.0471. The van der Waals surface area contributed by atoms with Gasteiger partial charge in [0.15, 0.2) is 0 Å². The van der Waals surface area contributed by atoms with Crippen molar-refractivity contribution in [3.8, 4) is 12.1 Å². The molecule has 1 aromatic rings. The molecule has 0 radical (unpaired) electrons. The molecule has 1 rings (SSSR count). The number of halogens is 1. The molecule has 17 heavy (non-hydrogen) atoms. The van der Waals surface area contributed by atoms with Gasteiger partial charge in [0, 0.05) is 10.7 Å². The highest BCUT2D eigenvalue weighted by Crippen LogP contribution is 2.21. The first-order chi connectivity index (χ1) is 8.08. The van der Waals surface area contributed by atoms with Crippen LogP contribution in [0.25, 0.3) is 0 Å². The van der Waals surface area contributed by atoms with Crippen LogP contribution in [0.15, 0.2) is 34.4 Å². The number of aromatic carboxylic acids is 1. The first-order valence-electron chi connectivity index (χ1n) is 4.38. The molecule has 0 aromatic heterocycles. The van der Waals surface area contributed by atoms with Gasteiger partial charge in [0.1, 0.15) is 17.7 Å². The van der Waals surface area contributed by atoms with Crippen LogP contribution in [-0.4, -0.2) is 11.1 Å². The molecule has 84 valence electrons. The summed E-state index contributed by atoms with van der Waals surface area (Å²) >= 11 is 3.16. The quantitative estimate of drug-likeness (QED) is 0.834. The molecule has 5 nitrogen and oxygen atoms in total. The molecule has 0 spiro atoms. The first kappa shape index (κ1) is 12.8. The zero-order chi connectivity index (χ0) is 12.8. The molecule has 0 bridgehead atoms. The lowest BCUT2D eigenvalue weighted by Gasteiger charge is -2.05. The van der Waals surface area contributed by atoms with Crippen molar-refractivity contribution in [2.24, 2.45) is 0 Å². The maximum absolute atomic E-state index is 10.9. The van der Waals surface area contributed by atoms with Gasteiger partial charge in [-0.05, 0) is 18.2 Å². The lowest BCUT2D eigenvalue weighted by atomic mass is 10.2. The minimum atomic E-state index is -1.10. The largest absolute Gasteiger partial charge is 0.478 e. The molecule has 0 atom stereocenters. The van der Waals surface area contributed by atoms with Gasteiger partial charge in [-0.15, -0.1) is 0 Å². The molecule has 0 unspecified atom stereocenters. The van der Waals surface area contributed by atoms with Crippen LogP contribution in [0.2, 0.25) is 0 Å².